The number of piperazine rings is 1. The van der Waals surface area contributed by atoms with Gasteiger partial charge in [0.15, 0.2) is 0 Å². The highest BCUT2D eigenvalue weighted by Gasteiger charge is 2.35. The minimum Gasteiger partial charge on any atom is -0.384 e. The van der Waals surface area contributed by atoms with Crippen LogP contribution in [0.2, 0.25) is 0 Å². The smallest absolute Gasteiger partial charge is 0.384 e. The Morgan fingerprint density at radius 2 is 1.88 bits per heavy atom. The van der Waals surface area contributed by atoms with E-state index < -0.39 is 12.0 Å². The quantitative estimate of drug-likeness (QED) is 0.756. The molecule has 0 spiro atoms. The molecule has 1 aliphatic rings. The molecule has 0 amide bonds. The highest BCUT2D eigenvalue weighted by Crippen LogP contribution is 2.28. The van der Waals surface area contributed by atoms with Crippen LogP contribution >= 0.6 is 0 Å². The Kier molecular flexibility index (Phi) is 3.05. The van der Waals surface area contributed by atoms with E-state index in [2.05, 4.69) is 15.3 Å². The number of hydrogen-bond donors (Lipinski definition) is 2. The SMILES string of the molecule is Nc1cc(N2CCNCC2)nc(C(F)(F)F)n1. The van der Waals surface area contributed by atoms with Crippen molar-refractivity contribution in [1.29, 1.82) is 0 Å². The molecule has 0 saturated carbocycles. The summed E-state index contributed by atoms with van der Waals surface area (Å²) >= 11 is 0. The molecule has 0 atom stereocenters. The molecule has 8 heteroatoms. The van der Waals surface area contributed by atoms with Gasteiger partial charge in [0.25, 0.3) is 0 Å². The lowest BCUT2D eigenvalue weighted by Crippen LogP contribution is -2.44. The third-order valence-electron chi connectivity index (χ3n) is 2.43. The van der Waals surface area contributed by atoms with Gasteiger partial charge in [-0.2, -0.15) is 13.2 Å². The van der Waals surface area contributed by atoms with Gasteiger partial charge in [0.05, 0.1) is 0 Å². The number of anilines is 2. The number of rotatable bonds is 1. The summed E-state index contributed by atoms with van der Waals surface area (Å²) in [5, 5.41) is 3.11. The van der Waals surface area contributed by atoms with Crippen molar-refractivity contribution in [2.45, 2.75) is 6.18 Å². The highest BCUT2D eigenvalue weighted by atomic mass is 19.4. The van der Waals surface area contributed by atoms with E-state index in [1.807, 2.05) is 0 Å². The zero-order chi connectivity index (χ0) is 12.5. The summed E-state index contributed by atoms with van der Waals surface area (Å²) in [4.78, 5) is 8.46. The first kappa shape index (κ1) is 11.9. The fourth-order valence-electron chi connectivity index (χ4n) is 1.64. The topological polar surface area (TPSA) is 67.1 Å². The second-order valence-corrected chi connectivity index (χ2v) is 3.71. The molecule has 0 aliphatic carbocycles. The first-order valence-electron chi connectivity index (χ1n) is 5.14. The standard InChI is InChI=1S/C9H12F3N5/c10-9(11,12)8-15-6(13)5-7(16-8)17-3-1-14-2-4-17/h5,14H,1-4H2,(H2,13,15,16). The molecule has 1 aromatic heterocycles. The van der Waals surface area contributed by atoms with Crippen LogP contribution in [-0.2, 0) is 6.18 Å². The number of nitrogen functional groups attached to an aromatic ring is 1. The molecule has 1 saturated heterocycles. The van der Waals surface area contributed by atoms with Crippen molar-refractivity contribution in [2.24, 2.45) is 0 Å². The van der Waals surface area contributed by atoms with Crippen LogP contribution < -0.4 is 16.0 Å². The van der Waals surface area contributed by atoms with Crippen LogP contribution in [-0.4, -0.2) is 36.1 Å². The summed E-state index contributed by atoms with van der Waals surface area (Å²) in [6, 6.07) is 1.36. The van der Waals surface area contributed by atoms with E-state index in [0.29, 0.717) is 26.2 Å². The molecule has 2 rings (SSSR count). The molecular formula is C9H12F3N5. The van der Waals surface area contributed by atoms with Gasteiger partial charge in [0, 0.05) is 32.2 Å². The fraction of sp³-hybridized carbons (Fsp3) is 0.556. The van der Waals surface area contributed by atoms with Gasteiger partial charge in [0.1, 0.15) is 11.6 Å². The number of nitrogens with zero attached hydrogens (tertiary/aromatic N) is 3. The van der Waals surface area contributed by atoms with Crippen LogP contribution in [0, 0.1) is 0 Å². The molecule has 94 valence electrons. The second kappa shape index (κ2) is 4.36. The maximum absolute atomic E-state index is 12.5. The van der Waals surface area contributed by atoms with Crippen molar-refractivity contribution < 1.29 is 13.2 Å². The van der Waals surface area contributed by atoms with Crippen LogP contribution in [0.3, 0.4) is 0 Å². The first-order chi connectivity index (χ1) is 7.97. The number of halogens is 3. The van der Waals surface area contributed by atoms with Gasteiger partial charge in [-0.1, -0.05) is 0 Å². The number of aromatic nitrogens is 2. The molecule has 0 radical (unpaired) electrons. The zero-order valence-corrected chi connectivity index (χ0v) is 8.96. The number of hydrogen-bond acceptors (Lipinski definition) is 5. The summed E-state index contributed by atoms with van der Waals surface area (Å²) in [5.41, 5.74) is 5.37. The second-order valence-electron chi connectivity index (χ2n) is 3.71. The van der Waals surface area contributed by atoms with Gasteiger partial charge in [0.2, 0.25) is 5.82 Å². The summed E-state index contributed by atoms with van der Waals surface area (Å²) in [7, 11) is 0. The average Bonchev–Trinajstić information content (AvgIpc) is 2.28. The minimum absolute atomic E-state index is 0.166. The molecule has 0 unspecified atom stereocenters. The van der Waals surface area contributed by atoms with Gasteiger partial charge in [-0.3, -0.25) is 0 Å². The van der Waals surface area contributed by atoms with E-state index in [0.717, 1.165) is 0 Å². The Bertz CT molecular complexity index is 400. The van der Waals surface area contributed by atoms with Crippen molar-refractivity contribution in [3.05, 3.63) is 11.9 Å². The van der Waals surface area contributed by atoms with E-state index >= 15 is 0 Å². The fourth-order valence-corrected chi connectivity index (χ4v) is 1.64. The van der Waals surface area contributed by atoms with E-state index in [9.17, 15) is 13.2 Å². The number of alkyl halides is 3. The van der Waals surface area contributed by atoms with Crippen LogP contribution in [0.5, 0.6) is 0 Å². The molecule has 3 N–H and O–H groups in total. The molecule has 1 aliphatic heterocycles. The molecule has 2 heterocycles. The first-order valence-corrected chi connectivity index (χ1v) is 5.14. The zero-order valence-electron chi connectivity index (χ0n) is 8.96. The van der Waals surface area contributed by atoms with Crippen molar-refractivity contribution in [2.75, 3.05) is 36.8 Å². The Morgan fingerprint density at radius 3 is 2.47 bits per heavy atom. The summed E-state index contributed by atoms with van der Waals surface area (Å²) in [6.07, 6.45) is -4.57. The largest absolute Gasteiger partial charge is 0.451 e. The molecule has 1 aromatic rings. The Hall–Kier alpha value is -1.57. The summed E-state index contributed by atoms with van der Waals surface area (Å²) < 4.78 is 37.5. The Morgan fingerprint density at radius 1 is 1.24 bits per heavy atom. The van der Waals surface area contributed by atoms with Gasteiger partial charge in [-0.05, 0) is 0 Å². The molecule has 0 bridgehead atoms. The van der Waals surface area contributed by atoms with Gasteiger partial charge >= 0.3 is 6.18 Å². The lowest BCUT2D eigenvalue weighted by molar-refractivity contribution is -0.144. The lowest BCUT2D eigenvalue weighted by Gasteiger charge is -2.28. The number of nitrogens with two attached hydrogens (primary N) is 1. The molecule has 17 heavy (non-hydrogen) atoms. The van der Waals surface area contributed by atoms with Crippen LogP contribution in [0.1, 0.15) is 5.82 Å². The van der Waals surface area contributed by atoms with Gasteiger partial charge < -0.3 is 16.0 Å². The van der Waals surface area contributed by atoms with Crippen molar-refractivity contribution >= 4 is 11.6 Å². The minimum atomic E-state index is -4.57. The van der Waals surface area contributed by atoms with Gasteiger partial charge in [-0.15, -0.1) is 0 Å². The van der Waals surface area contributed by atoms with E-state index in [4.69, 9.17) is 5.73 Å². The third kappa shape index (κ3) is 2.76. The summed E-state index contributed by atoms with van der Waals surface area (Å²) in [6.45, 7) is 2.64. The van der Waals surface area contributed by atoms with Gasteiger partial charge in [-0.25, -0.2) is 9.97 Å². The predicted molar refractivity (Wildman–Crippen MR) is 56.5 cm³/mol. The molecular weight excluding hydrogens is 235 g/mol. The Balaban J connectivity index is 2.31. The van der Waals surface area contributed by atoms with Crippen molar-refractivity contribution in [3.63, 3.8) is 0 Å². The van der Waals surface area contributed by atoms with Crippen molar-refractivity contribution in [3.8, 4) is 0 Å². The average molecular weight is 247 g/mol. The molecule has 1 fully saturated rings. The van der Waals surface area contributed by atoms with E-state index in [1.165, 1.54) is 6.07 Å². The molecule has 0 aromatic carbocycles. The lowest BCUT2D eigenvalue weighted by atomic mass is 10.3. The van der Waals surface area contributed by atoms with E-state index in [-0.39, 0.29) is 11.6 Å². The van der Waals surface area contributed by atoms with Crippen LogP contribution in [0.25, 0.3) is 0 Å². The monoisotopic (exact) mass is 247 g/mol. The van der Waals surface area contributed by atoms with Crippen LogP contribution in [0.15, 0.2) is 6.07 Å². The van der Waals surface area contributed by atoms with Crippen LogP contribution in [0.4, 0.5) is 24.8 Å². The Labute approximate surface area is 95.8 Å². The number of nitrogens with one attached hydrogen (secondary N) is 1. The maximum atomic E-state index is 12.5. The normalized spacial score (nSPS) is 17.2. The molecule has 5 nitrogen and oxygen atoms in total. The maximum Gasteiger partial charge on any atom is 0.451 e. The van der Waals surface area contributed by atoms with Crippen molar-refractivity contribution in [1.82, 2.24) is 15.3 Å². The predicted octanol–water partition coefficient (Wildman–Crippen LogP) is 0.487. The van der Waals surface area contributed by atoms with E-state index in [1.54, 1.807) is 4.90 Å². The third-order valence-corrected chi connectivity index (χ3v) is 2.43. The highest BCUT2D eigenvalue weighted by molar-refractivity contribution is 5.47. The summed E-state index contributed by atoms with van der Waals surface area (Å²) in [5.74, 6) is -1.13.